The normalized spacial score (nSPS) is 15.6. The molecular weight excluding hydrogens is 174 g/mol. The molecule has 0 bridgehead atoms. The molecule has 0 aromatic heterocycles. The summed E-state index contributed by atoms with van der Waals surface area (Å²) in [6, 6.07) is 0. The van der Waals surface area contributed by atoms with Gasteiger partial charge in [-0.3, -0.25) is 0 Å². The highest BCUT2D eigenvalue weighted by Gasteiger charge is 2.19. The Balaban J connectivity index is 3.56. The smallest absolute Gasteiger partial charge is 0.0603 e. The highest BCUT2D eigenvalue weighted by molar-refractivity contribution is 4.73. The number of hydrogen-bond acceptors (Lipinski definition) is 2. The summed E-state index contributed by atoms with van der Waals surface area (Å²) in [7, 11) is 0. The van der Waals surface area contributed by atoms with Gasteiger partial charge in [-0.15, -0.1) is 0 Å². The first kappa shape index (κ1) is 13.9. The van der Waals surface area contributed by atoms with Gasteiger partial charge in [0.05, 0.1) is 5.60 Å². The van der Waals surface area contributed by atoms with Crippen molar-refractivity contribution in [3.8, 4) is 0 Å². The zero-order valence-corrected chi connectivity index (χ0v) is 10.6. The van der Waals surface area contributed by atoms with Crippen molar-refractivity contribution >= 4 is 0 Å². The highest BCUT2D eigenvalue weighted by Crippen LogP contribution is 2.24. The second-order valence-electron chi connectivity index (χ2n) is 6.03. The molecule has 0 aliphatic heterocycles. The van der Waals surface area contributed by atoms with E-state index in [9.17, 15) is 5.11 Å². The van der Waals surface area contributed by atoms with Crippen molar-refractivity contribution in [2.45, 2.75) is 53.6 Å². The van der Waals surface area contributed by atoms with E-state index in [1.165, 1.54) is 0 Å². The van der Waals surface area contributed by atoms with Crippen LogP contribution in [0.15, 0.2) is 0 Å². The lowest BCUT2D eigenvalue weighted by Crippen LogP contribution is -2.33. The van der Waals surface area contributed by atoms with Crippen LogP contribution in [0.5, 0.6) is 0 Å². The van der Waals surface area contributed by atoms with E-state index in [4.69, 9.17) is 0 Å². The zero-order chi connectivity index (χ0) is 11.4. The van der Waals surface area contributed by atoms with Crippen molar-refractivity contribution in [3.05, 3.63) is 0 Å². The monoisotopic (exact) mass is 201 g/mol. The van der Waals surface area contributed by atoms with Crippen molar-refractivity contribution in [1.82, 2.24) is 5.32 Å². The lowest BCUT2D eigenvalue weighted by Gasteiger charge is -2.28. The van der Waals surface area contributed by atoms with Crippen molar-refractivity contribution in [2.24, 2.45) is 11.3 Å². The summed E-state index contributed by atoms with van der Waals surface area (Å²) in [5.74, 6) is 0.657. The summed E-state index contributed by atoms with van der Waals surface area (Å²) >= 11 is 0. The first-order valence-corrected chi connectivity index (χ1v) is 5.56. The molecule has 0 rings (SSSR count). The van der Waals surface area contributed by atoms with Crippen molar-refractivity contribution < 1.29 is 5.11 Å². The van der Waals surface area contributed by atoms with Gasteiger partial charge in [-0.2, -0.15) is 0 Å². The van der Waals surface area contributed by atoms with Crippen LogP contribution in [-0.4, -0.2) is 23.8 Å². The lowest BCUT2D eigenvalue weighted by molar-refractivity contribution is 0.0705. The Kier molecular flexibility index (Phi) is 5.10. The summed E-state index contributed by atoms with van der Waals surface area (Å²) in [5, 5.41) is 12.9. The van der Waals surface area contributed by atoms with Gasteiger partial charge in [0.1, 0.15) is 0 Å². The van der Waals surface area contributed by atoms with Gasteiger partial charge in [0.25, 0.3) is 0 Å². The predicted molar refractivity (Wildman–Crippen MR) is 62.4 cm³/mol. The van der Waals surface area contributed by atoms with Crippen LogP contribution in [-0.2, 0) is 0 Å². The van der Waals surface area contributed by atoms with Crippen LogP contribution in [0.4, 0.5) is 0 Å². The van der Waals surface area contributed by atoms with Crippen LogP contribution >= 0.6 is 0 Å². The predicted octanol–water partition coefficient (Wildman–Crippen LogP) is 2.42. The maximum absolute atomic E-state index is 9.50. The van der Waals surface area contributed by atoms with Gasteiger partial charge in [0.15, 0.2) is 0 Å². The van der Waals surface area contributed by atoms with Crippen molar-refractivity contribution in [3.63, 3.8) is 0 Å². The van der Waals surface area contributed by atoms with Crippen LogP contribution in [0.25, 0.3) is 0 Å². The zero-order valence-electron chi connectivity index (χ0n) is 10.6. The van der Waals surface area contributed by atoms with E-state index in [0.29, 0.717) is 11.3 Å². The van der Waals surface area contributed by atoms with Gasteiger partial charge < -0.3 is 10.4 Å². The third-order valence-electron chi connectivity index (χ3n) is 2.84. The molecule has 1 atom stereocenters. The summed E-state index contributed by atoms with van der Waals surface area (Å²) in [5.41, 5.74) is -0.181. The third kappa shape index (κ3) is 7.34. The highest BCUT2D eigenvalue weighted by atomic mass is 16.3. The van der Waals surface area contributed by atoms with Crippen LogP contribution in [0.1, 0.15) is 48.0 Å². The van der Waals surface area contributed by atoms with Gasteiger partial charge in [-0.1, -0.05) is 27.7 Å². The molecule has 0 amide bonds. The summed E-state index contributed by atoms with van der Waals surface area (Å²) < 4.78 is 0. The molecule has 0 aromatic rings. The van der Waals surface area contributed by atoms with Crippen LogP contribution in [0.2, 0.25) is 0 Å². The molecule has 2 nitrogen and oxygen atoms in total. The molecule has 0 fully saturated rings. The largest absolute Gasteiger partial charge is 0.390 e. The van der Waals surface area contributed by atoms with Crippen LogP contribution in [0.3, 0.4) is 0 Å². The molecule has 0 aliphatic carbocycles. The fourth-order valence-electron chi connectivity index (χ4n) is 1.02. The maximum Gasteiger partial charge on any atom is 0.0603 e. The molecule has 0 aliphatic rings. The van der Waals surface area contributed by atoms with E-state index in [1.807, 2.05) is 13.8 Å². The maximum atomic E-state index is 9.50. The average molecular weight is 201 g/mol. The molecule has 14 heavy (non-hydrogen) atoms. The quantitative estimate of drug-likeness (QED) is 0.670. The van der Waals surface area contributed by atoms with Gasteiger partial charge in [-0.05, 0) is 44.7 Å². The fourth-order valence-corrected chi connectivity index (χ4v) is 1.02. The first-order valence-electron chi connectivity index (χ1n) is 5.56. The number of aliphatic hydroxyl groups is 1. The summed E-state index contributed by atoms with van der Waals surface area (Å²) in [6.45, 7) is 14.7. The average Bonchev–Trinajstić information content (AvgIpc) is 1.93. The molecule has 0 aromatic carbocycles. The topological polar surface area (TPSA) is 32.3 Å². The molecule has 2 N–H and O–H groups in total. The van der Waals surface area contributed by atoms with Gasteiger partial charge in [-0.25, -0.2) is 0 Å². The van der Waals surface area contributed by atoms with E-state index in [0.717, 1.165) is 19.5 Å². The Morgan fingerprint density at radius 2 is 1.64 bits per heavy atom. The minimum absolute atomic E-state index is 0.363. The first-order chi connectivity index (χ1) is 6.13. The Bertz CT molecular complexity index is 153. The molecule has 0 radical (unpaired) electrons. The standard InChI is InChI=1S/C12H27NO/c1-10(11(2,3)4)9-13-8-7-12(5,6)14/h10,13-14H,7-9H2,1-6H3. The van der Waals surface area contributed by atoms with Crippen LogP contribution in [0, 0.1) is 11.3 Å². The third-order valence-corrected chi connectivity index (χ3v) is 2.84. The van der Waals surface area contributed by atoms with Gasteiger partial charge >= 0.3 is 0 Å². The Morgan fingerprint density at radius 3 is 2.00 bits per heavy atom. The molecule has 2 heteroatoms. The van der Waals surface area contributed by atoms with Crippen molar-refractivity contribution in [2.75, 3.05) is 13.1 Å². The SMILES string of the molecule is CC(CNCCC(C)(C)O)C(C)(C)C. The molecule has 0 spiro atoms. The molecule has 1 unspecified atom stereocenters. The fraction of sp³-hybridized carbons (Fsp3) is 1.00. The van der Waals surface area contributed by atoms with Gasteiger partial charge in [0.2, 0.25) is 0 Å². The molecule has 0 saturated heterocycles. The van der Waals surface area contributed by atoms with E-state index < -0.39 is 5.60 Å². The van der Waals surface area contributed by atoms with E-state index in [2.05, 4.69) is 33.0 Å². The van der Waals surface area contributed by atoms with Crippen LogP contribution < -0.4 is 5.32 Å². The Hall–Kier alpha value is -0.0800. The summed E-state index contributed by atoms with van der Waals surface area (Å²) in [6.07, 6.45) is 0.809. The van der Waals surface area contributed by atoms with E-state index >= 15 is 0 Å². The molecular formula is C12H27NO. The summed E-state index contributed by atoms with van der Waals surface area (Å²) in [4.78, 5) is 0. The molecule has 0 heterocycles. The minimum atomic E-state index is -0.544. The second-order valence-corrected chi connectivity index (χ2v) is 6.03. The molecule has 86 valence electrons. The van der Waals surface area contributed by atoms with Gasteiger partial charge in [0, 0.05) is 0 Å². The minimum Gasteiger partial charge on any atom is -0.390 e. The number of hydrogen-bond donors (Lipinski definition) is 2. The van der Waals surface area contributed by atoms with E-state index in [-0.39, 0.29) is 0 Å². The van der Waals surface area contributed by atoms with E-state index in [1.54, 1.807) is 0 Å². The Labute approximate surface area is 89.1 Å². The molecule has 0 saturated carbocycles. The Morgan fingerprint density at radius 1 is 1.14 bits per heavy atom. The van der Waals surface area contributed by atoms with Crippen molar-refractivity contribution in [1.29, 1.82) is 0 Å². The lowest BCUT2D eigenvalue weighted by atomic mass is 9.82. The number of rotatable bonds is 5. The second kappa shape index (κ2) is 5.13. The number of nitrogens with one attached hydrogen (secondary N) is 1.